The molecule has 2 aliphatic rings. The molecule has 5 rings (SSSR count). The average molecular weight is 540 g/mol. The van der Waals surface area contributed by atoms with Gasteiger partial charge in [-0.15, -0.1) is 11.3 Å². The van der Waals surface area contributed by atoms with E-state index in [2.05, 4.69) is 37.7 Å². The number of nitrogens with zero attached hydrogens (tertiary/aromatic N) is 3. The number of amides is 1. The number of nitrogens with one attached hydrogen (secondary N) is 2. The standard InChI is InChI=1S/C21H17BrF3N5O2S/c22-16-17(19(31)28-20-11(9-26)10-4-1-2-6-14(10)33-20)29-30-15(21(23,24)25)8-12(27-18(16)30)13-5-3-7-32-13/h3,5,7,12,15,27H,1-2,4,6,8H2,(H,28,31)/t12-,15+/m1/s1. The lowest BCUT2D eigenvalue weighted by atomic mass is 9.96. The first-order valence-electron chi connectivity index (χ1n) is 10.3. The molecule has 0 aromatic carbocycles. The molecule has 172 valence electrons. The third kappa shape index (κ3) is 3.83. The molecule has 0 bridgehead atoms. The number of alkyl halides is 3. The first kappa shape index (κ1) is 22.0. The van der Waals surface area contributed by atoms with Gasteiger partial charge in [-0.1, -0.05) is 0 Å². The minimum Gasteiger partial charge on any atom is -0.467 e. The maximum atomic E-state index is 13.9. The Morgan fingerprint density at radius 1 is 1.39 bits per heavy atom. The molecule has 7 nitrogen and oxygen atoms in total. The zero-order valence-electron chi connectivity index (χ0n) is 17.0. The largest absolute Gasteiger partial charge is 0.467 e. The number of aromatic nitrogens is 2. The molecule has 3 aromatic rings. The normalized spacial score (nSPS) is 19.8. The van der Waals surface area contributed by atoms with E-state index < -0.39 is 24.2 Å². The van der Waals surface area contributed by atoms with E-state index in [0.717, 1.165) is 40.8 Å². The highest BCUT2D eigenvalue weighted by molar-refractivity contribution is 9.10. The van der Waals surface area contributed by atoms with E-state index >= 15 is 0 Å². The number of rotatable bonds is 3. The molecule has 12 heteroatoms. The predicted molar refractivity (Wildman–Crippen MR) is 118 cm³/mol. The summed E-state index contributed by atoms with van der Waals surface area (Å²) in [7, 11) is 0. The Labute approximate surface area is 198 Å². The summed E-state index contributed by atoms with van der Waals surface area (Å²) in [6, 6.07) is 2.68. The summed E-state index contributed by atoms with van der Waals surface area (Å²) in [6.45, 7) is 0. The van der Waals surface area contributed by atoms with E-state index in [1.165, 1.54) is 17.6 Å². The molecule has 0 saturated heterocycles. The number of halogens is 4. The monoisotopic (exact) mass is 539 g/mol. The van der Waals surface area contributed by atoms with Crippen LogP contribution in [0, 0.1) is 11.3 Å². The van der Waals surface area contributed by atoms with Crippen LogP contribution in [0.5, 0.6) is 0 Å². The van der Waals surface area contributed by atoms with Crippen LogP contribution in [-0.2, 0) is 12.8 Å². The molecule has 1 aliphatic carbocycles. The van der Waals surface area contributed by atoms with Crippen molar-refractivity contribution >= 4 is 44.0 Å². The van der Waals surface area contributed by atoms with E-state index in [1.54, 1.807) is 12.1 Å². The van der Waals surface area contributed by atoms with Crippen LogP contribution in [0.4, 0.5) is 24.0 Å². The fourth-order valence-electron chi connectivity index (χ4n) is 4.35. The third-order valence-electron chi connectivity index (χ3n) is 5.91. The molecule has 0 fully saturated rings. The molecule has 0 radical (unpaired) electrons. The van der Waals surface area contributed by atoms with Gasteiger partial charge in [0.2, 0.25) is 0 Å². The van der Waals surface area contributed by atoms with Crippen LogP contribution in [0.25, 0.3) is 0 Å². The Balaban J connectivity index is 1.49. The van der Waals surface area contributed by atoms with E-state index in [4.69, 9.17) is 4.42 Å². The lowest BCUT2D eigenvalue weighted by molar-refractivity contribution is -0.174. The predicted octanol–water partition coefficient (Wildman–Crippen LogP) is 5.96. The summed E-state index contributed by atoms with van der Waals surface area (Å²) in [5.74, 6) is -0.283. The molecule has 0 spiro atoms. The topological polar surface area (TPSA) is 95.9 Å². The van der Waals surface area contributed by atoms with Crippen LogP contribution in [0.15, 0.2) is 27.3 Å². The number of aryl methyl sites for hydroxylation is 1. The van der Waals surface area contributed by atoms with Gasteiger partial charge in [0.1, 0.15) is 22.6 Å². The molecule has 0 saturated carbocycles. The highest BCUT2D eigenvalue weighted by Crippen LogP contribution is 2.46. The van der Waals surface area contributed by atoms with E-state index in [-0.39, 0.29) is 22.4 Å². The van der Waals surface area contributed by atoms with Crippen molar-refractivity contribution in [3.8, 4) is 6.07 Å². The SMILES string of the molecule is N#Cc1c(NC(=O)c2nn3c(c2Br)N[C@@H](c2ccco2)C[C@H]3C(F)(F)F)sc2c1CCCC2. The van der Waals surface area contributed by atoms with Crippen LogP contribution in [0.2, 0.25) is 0 Å². The molecule has 2 N–H and O–H groups in total. The zero-order valence-corrected chi connectivity index (χ0v) is 19.4. The lowest BCUT2D eigenvalue weighted by Gasteiger charge is -2.32. The summed E-state index contributed by atoms with van der Waals surface area (Å²) in [5, 5.41) is 19.7. The summed E-state index contributed by atoms with van der Waals surface area (Å²) in [6.07, 6.45) is 0.0968. The van der Waals surface area contributed by atoms with Crippen molar-refractivity contribution in [3.63, 3.8) is 0 Å². The van der Waals surface area contributed by atoms with Crippen molar-refractivity contribution in [1.82, 2.24) is 9.78 Å². The van der Waals surface area contributed by atoms with Crippen molar-refractivity contribution in [2.75, 3.05) is 10.6 Å². The first-order chi connectivity index (χ1) is 15.8. The number of carbonyl (C=O) groups is 1. The minimum atomic E-state index is -4.58. The van der Waals surface area contributed by atoms with Gasteiger partial charge >= 0.3 is 6.18 Å². The molecule has 33 heavy (non-hydrogen) atoms. The number of thiophene rings is 1. The molecule has 3 aromatic heterocycles. The Kier molecular flexibility index (Phi) is 5.49. The van der Waals surface area contributed by atoms with Gasteiger partial charge in [-0.3, -0.25) is 4.79 Å². The number of hydrogen-bond donors (Lipinski definition) is 2. The average Bonchev–Trinajstić information content (AvgIpc) is 3.50. The fraction of sp³-hybridized carbons (Fsp3) is 0.381. The molecule has 1 aliphatic heterocycles. The molecular weight excluding hydrogens is 523 g/mol. The third-order valence-corrected chi connectivity index (χ3v) is 7.87. The second-order valence-electron chi connectivity index (χ2n) is 7.94. The summed E-state index contributed by atoms with van der Waals surface area (Å²) >= 11 is 4.60. The van der Waals surface area contributed by atoms with Gasteiger partial charge in [0.05, 0.1) is 22.3 Å². The van der Waals surface area contributed by atoms with Crippen LogP contribution in [-0.4, -0.2) is 21.9 Å². The van der Waals surface area contributed by atoms with Gasteiger partial charge in [0.15, 0.2) is 11.7 Å². The fourth-order valence-corrected chi connectivity index (χ4v) is 6.14. The van der Waals surface area contributed by atoms with Gasteiger partial charge in [-0.2, -0.15) is 23.5 Å². The molecule has 1 amide bonds. The van der Waals surface area contributed by atoms with Crippen LogP contribution in [0.1, 0.15) is 63.6 Å². The summed E-state index contributed by atoms with van der Waals surface area (Å²) in [4.78, 5) is 14.1. The lowest BCUT2D eigenvalue weighted by Crippen LogP contribution is -2.35. The molecule has 4 heterocycles. The smallest absolute Gasteiger partial charge is 0.410 e. The van der Waals surface area contributed by atoms with Crippen molar-refractivity contribution in [3.05, 3.63) is 50.3 Å². The number of hydrogen-bond acceptors (Lipinski definition) is 6. The van der Waals surface area contributed by atoms with Crippen LogP contribution >= 0.6 is 27.3 Å². The number of nitriles is 1. The molecule has 2 atom stereocenters. The van der Waals surface area contributed by atoms with E-state index in [0.29, 0.717) is 16.3 Å². The van der Waals surface area contributed by atoms with Gasteiger partial charge in [0.25, 0.3) is 5.91 Å². The van der Waals surface area contributed by atoms with Gasteiger partial charge < -0.3 is 15.1 Å². The van der Waals surface area contributed by atoms with Crippen LogP contribution in [0.3, 0.4) is 0 Å². The summed E-state index contributed by atoms with van der Waals surface area (Å²) in [5.41, 5.74) is 1.18. The minimum absolute atomic E-state index is 0.0427. The van der Waals surface area contributed by atoms with E-state index in [9.17, 15) is 23.2 Å². The Morgan fingerprint density at radius 3 is 2.88 bits per heavy atom. The van der Waals surface area contributed by atoms with Gasteiger partial charge in [-0.05, 0) is 59.3 Å². The van der Waals surface area contributed by atoms with Crippen molar-refractivity contribution in [2.24, 2.45) is 0 Å². The summed E-state index contributed by atoms with van der Waals surface area (Å²) < 4.78 is 47.9. The molecular formula is C21H17BrF3N5O2S. The highest BCUT2D eigenvalue weighted by Gasteiger charge is 2.48. The van der Waals surface area contributed by atoms with Crippen LogP contribution < -0.4 is 10.6 Å². The maximum Gasteiger partial charge on any atom is 0.410 e. The van der Waals surface area contributed by atoms with E-state index in [1.807, 2.05) is 0 Å². The quantitative estimate of drug-likeness (QED) is 0.427. The second kappa shape index (κ2) is 8.22. The van der Waals surface area contributed by atoms with Gasteiger partial charge in [0, 0.05) is 11.3 Å². The first-order valence-corrected chi connectivity index (χ1v) is 11.9. The Bertz CT molecular complexity index is 1260. The highest BCUT2D eigenvalue weighted by atomic mass is 79.9. The maximum absolute atomic E-state index is 13.9. The van der Waals surface area contributed by atoms with Crippen molar-refractivity contribution in [2.45, 2.75) is 50.4 Å². The van der Waals surface area contributed by atoms with Crippen molar-refractivity contribution in [1.29, 1.82) is 5.26 Å². The van der Waals surface area contributed by atoms with Crippen molar-refractivity contribution < 1.29 is 22.4 Å². The Hall–Kier alpha value is -2.78. The number of carbonyl (C=O) groups excluding carboxylic acids is 1. The number of anilines is 2. The second-order valence-corrected chi connectivity index (χ2v) is 9.84. The number of furan rings is 1. The molecule has 0 unspecified atom stereocenters. The number of fused-ring (bicyclic) bond motifs is 2. The zero-order chi connectivity index (χ0) is 23.3. The van der Waals surface area contributed by atoms with Gasteiger partial charge in [-0.25, -0.2) is 4.68 Å². The Morgan fingerprint density at radius 2 is 2.18 bits per heavy atom.